The first-order valence-electron chi connectivity index (χ1n) is 10.9. The van der Waals surface area contributed by atoms with Gasteiger partial charge in [0.15, 0.2) is 11.5 Å². The van der Waals surface area contributed by atoms with E-state index in [2.05, 4.69) is 43.0 Å². The van der Waals surface area contributed by atoms with Gasteiger partial charge in [-0.05, 0) is 60.5 Å². The molecule has 2 aromatic rings. The molecule has 154 valence electrons. The van der Waals surface area contributed by atoms with Crippen LogP contribution in [0.1, 0.15) is 62.3 Å². The molecule has 0 bridgehead atoms. The van der Waals surface area contributed by atoms with Crippen LogP contribution in [0.15, 0.2) is 30.3 Å². The van der Waals surface area contributed by atoms with Crippen molar-refractivity contribution in [1.29, 1.82) is 0 Å². The third kappa shape index (κ3) is 3.66. The Morgan fingerprint density at radius 3 is 2.76 bits per heavy atom. The number of ether oxygens (including phenoxy) is 2. The summed E-state index contributed by atoms with van der Waals surface area (Å²) in [5.74, 6) is 1.04. The molecule has 0 fully saturated rings. The number of hydrogen-bond acceptors (Lipinski definition) is 4. The standard InChI is InChI=1S/C25H31NO3/c1-4-6-10-22(27)29-25-21(28-3)12-11-18-16-20-23-17(13-15-26(20)14-5-2)8-7-9-19(23)24(18)25/h7-9,11-12,20H,4-6,10,13-16H2,1-3H3/t20-/m1/s1. The maximum absolute atomic E-state index is 12.5. The molecule has 0 spiro atoms. The van der Waals surface area contributed by atoms with E-state index >= 15 is 0 Å². The van der Waals surface area contributed by atoms with Gasteiger partial charge in [0.1, 0.15) is 0 Å². The second-order valence-corrected chi connectivity index (χ2v) is 8.09. The Morgan fingerprint density at radius 1 is 1.14 bits per heavy atom. The molecule has 0 aromatic heterocycles. The molecule has 4 rings (SSSR count). The number of fused-ring (bicyclic) bond motifs is 2. The summed E-state index contributed by atoms with van der Waals surface area (Å²) in [7, 11) is 1.64. The predicted octanol–water partition coefficient (Wildman–Crippen LogP) is 5.32. The molecular formula is C25H31NO3. The summed E-state index contributed by atoms with van der Waals surface area (Å²) in [5, 5.41) is 0. The number of carbonyl (C=O) groups excluding carboxylic acids is 1. The summed E-state index contributed by atoms with van der Waals surface area (Å²) in [6.07, 6.45) is 5.42. The molecule has 4 heteroatoms. The Morgan fingerprint density at radius 2 is 2.00 bits per heavy atom. The zero-order valence-electron chi connectivity index (χ0n) is 17.8. The molecule has 1 heterocycles. The van der Waals surface area contributed by atoms with E-state index < -0.39 is 0 Å². The Bertz CT molecular complexity index is 905. The second-order valence-electron chi connectivity index (χ2n) is 8.09. The molecule has 0 N–H and O–H groups in total. The Hall–Kier alpha value is -2.33. The van der Waals surface area contributed by atoms with Gasteiger partial charge < -0.3 is 9.47 Å². The fraction of sp³-hybridized carbons (Fsp3) is 0.480. The van der Waals surface area contributed by atoms with Crippen molar-refractivity contribution in [2.75, 3.05) is 20.2 Å². The second kappa shape index (κ2) is 8.58. The van der Waals surface area contributed by atoms with Crippen molar-refractivity contribution < 1.29 is 14.3 Å². The van der Waals surface area contributed by atoms with Crippen molar-refractivity contribution >= 4 is 5.97 Å². The maximum atomic E-state index is 12.5. The molecule has 1 aliphatic carbocycles. The summed E-state index contributed by atoms with van der Waals surface area (Å²) >= 11 is 0. The number of unbranched alkanes of at least 4 members (excludes halogenated alkanes) is 1. The minimum Gasteiger partial charge on any atom is -0.493 e. The van der Waals surface area contributed by atoms with Crippen LogP contribution in [-0.2, 0) is 17.6 Å². The lowest BCUT2D eigenvalue weighted by Gasteiger charge is -2.42. The number of hydrogen-bond donors (Lipinski definition) is 0. The number of nitrogens with zero attached hydrogens (tertiary/aromatic N) is 1. The molecule has 1 aliphatic heterocycles. The molecular weight excluding hydrogens is 362 g/mol. The molecule has 0 amide bonds. The van der Waals surface area contributed by atoms with Crippen LogP contribution in [0.4, 0.5) is 0 Å². The molecule has 29 heavy (non-hydrogen) atoms. The van der Waals surface area contributed by atoms with Crippen LogP contribution in [0.5, 0.6) is 11.5 Å². The molecule has 2 aliphatic rings. The van der Waals surface area contributed by atoms with E-state index in [0.29, 0.717) is 24.0 Å². The minimum absolute atomic E-state index is 0.182. The Balaban J connectivity index is 1.82. The van der Waals surface area contributed by atoms with Gasteiger partial charge in [-0.25, -0.2) is 0 Å². The van der Waals surface area contributed by atoms with Crippen LogP contribution in [0.2, 0.25) is 0 Å². The van der Waals surface area contributed by atoms with Crippen LogP contribution < -0.4 is 9.47 Å². The molecule has 0 unspecified atom stereocenters. The topological polar surface area (TPSA) is 38.8 Å². The summed E-state index contributed by atoms with van der Waals surface area (Å²) < 4.78 is 11.5. The normalized spacial score (nSPS) is 17.4. The molecule has 0 radical (unpaired) electrons. The Labute approximate surface area is 173 Å². The van der Waals surface area contributed by atoms with Crippen LogP contribution in [0.25, 0.3) is 11.1 Å². The van der Waals surface area contributed by atoms with Crippen LogP contribution in [-0.4, -0.2) is 31.1 Å². The van der Waals surface area contributed by atoms with Gasteiger partial charge in [0, 0.05) is 24.6 Å². The first kappa shape index (κ1) is 20.0. The zero-order valence-corrected chi connectivity index (χ0v) is 17.8. The monoisotopic (exact) mass is 393 g/mol. The largest absolute Gasteiger partial charge is 0.493 e. The summed E-state index contributed by atoms with van der Waals surface area (Å²) in [6.45, 7) is 6.55. The summed E-state index contributed by atoms with van der Waals surface area (Å²) in [6, 6.07) is 11.1. The van der Waals surface area contributed by atoms with Crippen molar-refractivity contribution in [3.8, 4) is 22.6 Å². The van der Waals surface area contributed by atoms with Crippen molar-refractivity contribution in [1.82, 2.24) is 4.90 Å². The Kier molecular flexibility index (Phi) is 5.91. The first-order valence-corrected chi connectivity index (χ1v) is 10.9. The molecule has 2 aromatic carbocycles. The van der Waals surface area contributed by atoms with Gasteiger partial charge in [-0.1, -0.05) is 44.5 Å². The van der Waals surface area contributed by atoms with Crippen molar-refractivity contribution in [2.45, 2.75) is 58.4 Å². The number of methoxy groups -OCH3 is 1. The van der Waals surface area contributed by atoms with E-state index in [-0.39, 0.29) is 5.97 Å². The van der Waals surface area contributed by atoms with Crippen LogP contribution in [0.3, 0.4) is 0 Å². The van der Waals surface area contributed by atoms with E-state index in [4.69, 9.17) is 9.47 Å². The quantitative estimate of drug-likeness (QED) is 0.471. The average Bonchev–Trinajstić information content (AvgIpc) is 2.74. The van der Waals surface area contributed by atoms with Gasteiger partial charge in [-0.2, -0.15) is 0 Å². The number of rotatable bonds is 7. The zero-order chi connectivity index (χ0) is 20.4. The minimum atomic E-state index is -0.182. The van der Waals surface area contributed by atoms with E-state index in [0.717, 1.165) is 50.8 Å². The lowest BCUT2D eigenvalue weighted by Crippen LogP contribution is -2.38. The third-order valence-corrected chi connectivity index (χ3v) is 6.21. The van der Waals surface area contributed by atoms with Crippen LogP contribution in [0, 0.1) is 0 Å². The van der Waals surface area contributed by atoms with Crippen molar-refractivity contribution in [2.24, 2.45) is 0 Å². The highest BCUT2D eigenvalue weighted by Gasteiger charge is 2.36. The van der Waals surface area contributed by atoms with Gasteiger partial charge in [0.2, 0.25) is 0 Å². The third-order valence-electron chi connectivity index (χ3n) is 6.21. The smallest absolute Gasteiger partial charge is 0.311 e. The first-order chi connectivity index (χ1) is 14.2. The fourth-order valence-corrected chi connectivity index (χ4v) is 4.86. The van der Waals surface area contributed by atoms with Gasteiger partial charge in [0.05, 0.1) is 7.11 Å². The lowest BCUT2D eigenvalue weighted by atomic mass is 9.76. The van der Waals surface area contributed by atoms with Crippen LogP contribution >= 0.6 is 0 Å². The van der Waals surface area contributed by atoms with Gasteiger partial charge in [0.25, 0.3) is 0 Å². The van der Waals surface area contributed by atoms with Gasteiger partial charge in [-0.15, -0.1) is 0 Å². The van der Waals surface area contributed by atoms with E-state index in [1.807, 2.05) is 6.07 Å². The maximum Gasteiger partial charge on any atom is 0.311 e. The molecule has 4 nitrogen and oxygen atoms in total. The molecule has 0 saturated carbocycles. The van der Waals surface area contributed by atoms with E-state index in [9.17, 15) is 4.79 Å². The fourth-order valence-electron chi connectivity index (χ4n) is 4.86. The predicted molar refractivity (Wildman–Crippen MR) is 116 cm³/mol. The van der Waals surface area contributed by atoms with Gasteiger partial charge in [-0.3, -0.25) is 9.69 Å². The molecule has 1 atom stereocenters. The molecule has 0 saturated heterocycles. The summed E-state index contributed by atoms with van der Waals surface area (Å²) in [4.78, 5) is 15.1. The SMILES string of the molecule is CCCCC(=O)Oc1c(OC)ccc2c1-c1cccc3c1[C@@H](C2)N(CCC)CC3. The van der Waals surface area contributed by atoms with Crippen molar-refractivity contribution in [3.63, 3.8) is 0 Å². The lowest BCUT2D eigenvalue weighted by molar-refractivity contribution is -0.134. The number of esters is 1. The van der Waals surface area contributed by atoms with Gasteiger partial charge >= 0.3 is 5.97 Å². The highest BCUT2D eigenvalue weighted by molar-refractivity contribution is 5.86. The van der Waals surface area contributed by atoms with E-state index in [1.54, 1.807) is 7.11 Å². The number of benzene rings is 2. The average molecular weight is 394 g/mol. The highest BCUT2D eigenvalue weighted by atomic mass is 16.6. The number of carbonyl (C=O) groups is 1. The highest BCUT2D eigenvalue weighted by Crippen LogP contribution is 2.51. The van der Waals surface area contributed by atoms with Crippen molar-refractivity contribution in [3.05, 3.63) is 47.0 Å². The summed E-state index contributed by atoms with van der Waals surface area (Å²) in [5.41, 5.74) is 6.32. The van der Waals surface area contributed by atoms with E-state index in [1.165, 1.54) is 22.3 Å².